The third-order valence-corrected chi connectivity index (χ3v) is 8.98. The van der Waals surface area contributed by atoms with Crippen LogP contribution in [-0.2, 0) is 4.79 Å². The molecule has 130 valence electrons. The highest BCUT2D eigenvalue weighted by Crippen LogP contribution is 2.68. The van der Waals surface area contributed by atoms with Gasteiger partial charge in [-0.05, 0) is 84.9 Å². The minimum atomic E-state index is 0.320. The number of hydrogen-bond acceptors (Lipinski definition) is 1. The lowest BCUT2D eigenvalue weighted by Gasteiger charge is -2.60. The van der Waals surface area contributed by atoms with Crippen LogP contribution in [0.5, 0.6) is 0 Å². The molecular weight excluding hydrogens is 280 g/mol. The maximum atomic E-state index is 12.5. The van der Waals surface area contributed by atoms with Gasteiger partial charge in [-0.2, -0.15) is 0 Å². The number of hydrogen-bond donors (Lipinski definition) is 0. The Morgan fingerprint density at radius 2 is 1.74 bits per heavy atom. The zero-order valence-electron chi connectivity index (χ0n) is 16.0. The summed E-state index contributed by atoms with van der Waals surface area (Å²) in [6.45, 7) is 12.2. The van der Waals surface area contributed by atoms with Crippen molar-refractivity contribution in [1.29, 1.82) is 0 Å². The molecule has 0 spiro atoms. The first kappa shape index (κ1) is 16.2. The van der Waals surface area contributed by atoms with Crippen LogP contribution in [-0.4, -0.2) is 5.78 Å². The van der Waals surface area contributed by atoms with Crippen LogP contribution < -0.4 is 0 Å². The van der Waals surface area contributed by atoms with Crippen molar-refractivity contribution >= 4 is 5.78 Å². The van der Waals surface area contributed by atoms with E-state index in [1.54, 1.807) is 0 Å². The van der Waals surface area contributed by atoms with Crippen LogP contribution in [0.4, 0.5) is 0 Å². The van der Waals surface area contributed by atoms with Crippen molar-refractivity contribution in [3.05, 3.63) is 0 Å². The molecule has 1 heteroatoms. The van der Waals surface area contributed by atoms with E-state index in [4.69, 9.17) is 0 Å². The van der Waals surface area contributed by atoms with Gasteiger partial charge in [0.1, 0.15) is 5.78 Å². The second-order valence-corrected chi connectivity index (χ2v) is 11.2. The molecule has 4 saturated carbocycles. The fourth-order valence-corrected chi connectivity index (χ4v) is 8.08. The summed E-state index contributed by atoms with van der Waals surface area (Å²) < 4.78 is 0. The van der Waals surface area contributed by atoms with Gasteiger partial charge in [0.05, 0.1) is 0 Å². The summed E-state index contributed by atoms with van der Waals surface area (Å²) in [5.41, 5.74) is 1.43. The molecule has 4 rings (SSSR count). The van der Waals surface area contributed by atoms with Gasteiger partial charge in [-0.15, -0.1) is 0 Å². The smallest absolute Gasteiger partial charge is 0.136 e. The summed E-state index contributed by atoms with van der Waals surface area (Å²) in [6.07, 6.45) is 10.5. The Kier molecular flexibility index (Phi) is 3.41. The number of carbonyl (C=O) groups is 1. The monoisotopic (exact) mass is 316 g/mol. The van der Waals surface area contributed by atoms with Crippen LogP contribution in [0.15, 0.2) is 0 Å². The van der Waals surface area contributed by atoms with Crippen molar-refractivity contribution in [2.75, 3.05) is 0 Å². The quantitative estimate of drug-likeness (QED) is 0.546. The first-order valence-electron chi connectivity index (χ1n) is 10.2. The highest BCUT2D eigenvalue weighted by atomic mass is 16.1. The molecule has 0 aromatic heterocycles. The molecule has 23 heavy (non-hydrogen) atoms. The zero-order chi connectivity index (χ0) is 16.6. The van der Waals surface area contributed by atoms with Crippen molar-refractivity contribution in [2.45, 2.75) is 86.0 Å². The Hall–Kier alpha value is -0.330. The van der Waals surface area contributed by atoms with E-state index in [9.17, 15) is 4.79 Å². The number of carbonyl (C=O) groups excluding carboxylic acids is 1. The summed E-state index contributed by atoms with van der Waals surface area (Å²) in [7, 11) is 0. The van der Waals surface area contributed by atoms with Gasteiger partial charge in [-0.25, -0.2) is 0 Å². The Morgan fingerprint density at radius 1 is 1.00 bits per heavy atom. The molecule has 0 aromatic rings. The van der Waals surface area contributed by atoms with E-state index in [0.29, 0.717) is 27.9 Å². The maximum Gasteiger partial charge on any atom is 0.136 e. The average Bonchev–Trinajstić information content (AvgIpc) is 2.69. The summed E-state index contributed by atoms with van der Waals surface area (Å²) >= 11 is 0. The molecule has 0 aromatic carbocycles. The molecule has 4 fully saturated rings. The van der Waals surface area contributed by atoms with Crippen molar-refractivity contribution in [2.24, 2.45) is 45.8 Å². The van der Waals surface area contributed by atoms with Crippen LogP contribution in [0.25, 0.3) is 0 Å². The molecule has 0 heterocycles. The minimum absolute atomic E-state index is 0.320. The SMILES string of the molecule is CC1CC2CC[C@@H]3[C@@H](CC[C@]4(C)CC(C)(C)C[C@@H]34)[C@@]2(C)CC1=O. The highest BCUT2D eigenvalue weighted by molar-refractivity contribution is 5.82. The predicted molar refractivity (Wildman–Crippen MR) is 95.1 cm³/mol. The van der Waals surface area contributed by atoms with E-state index in [1.807, 2.05) is 0 Å². The summed E-state index contributed by atoms with van der Waals surface area (Å²) in [4.78, 5) is 12.5. The third kappa shape index (κ3) is 2.28. The Balaban J connectivity index is 1.65. The van der Waals surface area contributed by atoms with Crippen molar-refractivity contribution in [1.82, 2.24) is 0 Å². The van der Waals surface area contributed by atoms with Gasteiger partial charge < -0.3 is 0 Å². The van der Waals surface area contributed by atoms with Gasteiger partial charge in [0.2, 0.25) is 0 Å². The first-order valence-corrected chi connectivity index (χ1v) is 10.2. The van der Waals surface area contributed by atoms with E-state index in [1.165, 1.54) is 44.9 Å². The third-order valence-electron chi connectivity index (χ3n) is 8.98. The molecular formula is C22H36O. The van der Waals surface area contributed by atoms with E-state index in [-0.39, 0.29) is 0 Å². The second kappa shape index (κ2) is 4.85. The number of ketones is 1. The molecule has 0 radical (unpaired) electrons. The summed E-state index contributed by atoms with van der Waals surface area (Å²) in [6, 6.07) is 0. The number of rotatable bonds is 0. The van der Waals surface area contributed by atoms with Crippen LogP contribution in [0.2, 0.25) is 0 Å². The second-order valence-electron chi connectivity index (χ2n) is 11.2. The normalized spacial score (nSPS) is 55.0. The van der Waals surface area contributed by atoms with Gasteiger partial charge in [0, 0.05) is 12.3 Å². The van der Waals surface area contributed by atoms with E-state index in [0.717, 1.165) is 30.1 Å². The number of fused-ring (bicyclic) bond motifs is 5. The fraction of sp³-hybridized carbons (Fsp3) is 0.955. The molecule has 2 unspecified atom stereocenters. The largest absolute Gasteiger partial charge is 0.299 e. The van der Waals surface area contributed by atoms with Crippen LogP contribution >= 0.6 is 0 Å². The van der Waals surface area contributed by atoms with Crippen LogP contribution in [0, 0.1) is 45.8 Å². The summed E-state index contributed by atoms with van der Waals surface area (Å²) in [5.74, 6) is 4.34. The molecule has 4 aliphatic rings. The minimum Gasteiger partial charge on any atom is -0.299 e. The Bertz CT molecular complexity index is 520. The van der Waals surface area contributed by atoms with Crippen LogP contribution in [0.1, 0.15) is 86.0 Å². The molecule has 4 aliphatic carbocycles. The van der Waals surface area contributed by atoms with Gasteiger partial charge >= 0.3 is 0 Å². The summed E-state index contributed by atoms with van der Waals surface area (Å²) in [5, 5.41) is 0. The first-order chi connectivity index (χ1) is 10.6. The van der Waals surface area contributed by atoms with Gasteiger partial charge in [-0.3, -0.25) is 4.79 Å². The lowest BCUT2D eigenvalue weighted by Crippen LogP contribution is -2.54. The molecule has 1 nitrogen and oxygen atoms in total. The fourth-order valence-electron chi connectivity index (χ4n) is 8.08. The maximum absolute atomic E-state index is 12.5. The molecule has 0 N–H and O–H groups in total. The van der Waals surface area contributed by atoms with Gasteiger partial charge in [0.15, 0.2) is 0 Å². The standard InChI is InChI=1S/C22H36O/c1-14-10-15-6-7-16-17(22(15,5)12-19(14)23)8-9-21(4)13-20(2,3)11-18(16)21/h14-18H,6-13H2,1-5H3/t14?,15?,16-,17-,18+,21-,22+/m1/s1. The molecule has 0 saturated heterocycles. The molecule has 0 aliphatic heterocycles. The zero-order valence-corrected chi connectivity index (χ0v) is 16.0. The highest BCUT2D eigenvalue weighted by Gasteiger charge is 2.60. The topological polar surface area (TPSA) is 17.1 Å². The molecule has 0 bridgehead atoms. The van der Waals surface area contributed by atoms with Crippen LogP contribution in [0.3, 0.4) is 0 Å². The van der Waals surface area contributed by atoms with E-state index < -0.39 is 0 Å². The van der Waals surface area contributed by atoms with E-state index in [2.05, 4.69) is 34.6 Å². The van der Waals surface area contributed by atoms with Gasteiger partial charge in [-0.1, -0.05) is 34.6 Å². The number of Topliss-reactive ketones (excluding diaryl/α,β-unsaturated/α-hetero) is 1. The van der Waals surface area contributed by atoms with Crippen molar-refractivity contribution < 1.29 is 4.79 Å². The van der Waals surface area contributed by atoms with E-state index >= 15 is 0 Å². The van der Waals surface area contributed by atoms with Gasteiger partial charge in [0.25, 0.3) is 0 Å². The predicted octanol–water partition coefficient (Wildman–Crippen LogP) is 5.87. The molecule has 7 atom stereocenters. The van der Waals surface area contributed by atoms with Crippen molar-refractivity contribution in [3.63, 3.8) is 0 Å². The lowest BCUT2D eigenvalue weighted by molar-refractivity contribution is -0.145. The molecule has 0 amide bonds. The Morgan fingerprint density at radius 3 is 2.48 bits per heavy atom. The average molecular weight is 317 g/mol. The Labute approximate surface area is 143 Å². The van der Waals surface area contributed by atoms with Crippen molar-refractivity contribution in [3.8, 4) is 0 Å². The lowest BCUT2D eigenvalue weighted by atomic mass is 9.44.